The summed E-state index contributed by atoms with van der Waals surface area (Å²) < 4.78 is 22.2. The van der Waals surface area contributed by atoms with Crippen LogP contribution >= 0.6 is 15.9 Å². The molecule has 12 heavy (non-hydrogen) atoms. The highest BCUT2D eigenvalue weighted by atomic mass is 79.9. The molecule has 0 bridgehead atoms. The Morgan fingerprint density at radius 3 is 2.17 bits per heavy atom. The minimum atomic E-state index is -2.36. The molecule has 1 rings (SSSR count). The van der Waals surface area contributed by atoms with Crippen molar-refractivity contribution in [3.8, 4) is 0 Å². The van der Waals surface area contributed by atoms with Crippen LogP contribution in [0.15, 0.2) is 28.7 Å². The zero-order chi connectivity index (χ0) is 9.14. The molecule has 0 aliphatic heterocycles. The third kappa shape index (κ3) is 2.32. The van der Waals surface area contributed by atoms with Crippen LogP contribution in [0, 0.1) is 0 Å². The number of hydrogen-bond donors (Lipinski definition) is 1. The number of thiol groups is 1. The number of hydrogen-bond acceptors (Lipinski definition) is 2. The van der Waals surface area contributed by atoms with Crippen LogP contribution in [-0.2, 0) is 10.7 Å². The molecule has 1 aromatic rings. The summed E-state index contributed by atoms with van der Waals surface area (Å²) in [6, 6.07) is 7.29. The molecule has 0 saturated heterocycles. The molecule has 0 heterocycles. The molecule has 1 unspecified atom stereocenters. The number of halogens is 1. The summed E-state index contributed by atoms with van der Waals surface area (Å²) in [6.07, 6.45) is 0. The maximum Gasteiger partial charge on any atom is 0.146 e. The van der Waals surface area contributed by atoms with Crippen molar-refractivity contribution in [2.75, 3.05) is 0 Å². The van der Waals surface area contributed by atoms with Crippen molar-refractivity contribution in [3.05, 3.63) is 34.3 Å². The average Bonchev–Trinajstić information content (AvgIpc) is 2.04. The number of benzene rings is 1. The van der Waals surface area contributed by atoms with E-state index in [0.717, 1.165) is 10.0 Å². The molecular formula is C8H9BrO2S. The van der Waals surface area contributed by atoms with E-state index in [2.05, 4.69) is 15.9 Å². The van der Waals surface area contributed by atoms with Crippen molar-refractivity contribution in [3.63, 3.8) is 0 Å². The lowest BCUT2D eigenvalue weighted by molar-refractivity contribution is 0.606. The Balaban J connectivity index is 2.97. The van der Waals surface area contributed by atoms with Gasteiger partial charge in [-0.05, 0) is 24.6 Å². The highest BCUT2D eigenvalue weighted by molar-refractivity contribution is 9.10. The second-order valence-electron chi connectivity index (χ2n) is 2.51. The maximum atomic E-state index is 10.6. The fraction of sp³-hybridized carbons (Fsp3) is 0.250. The Morgan fingerprint density at radius 2 is 1.75 bits per heavy atom. The third-order valence-corrected chi connectivity index (χ3v) is 3.13. The quantitative estimate of drug-likeness (QED) is 0.814. The van der Waals surface area contributed by atoms with Crippen LogP contribution in [0.1, 0.15) is 17.7 Å². The lowest BCUT2D eigenvalue weighted by Crippen LogP contribution is -1.93. The zero-order valence-electron chi connectivity index (χ0n) is 6.53. The normalized spacial score (nSPS) is 13.2. The Bertz CT molecular complexity index is 321. The fourth-order valence-corrected chi connectivity index (χ4v) is 1.54. The molecule has 0 aliphatic carbocycles. The Labute approximate surface area is 81.7 Å². The molecule has 1 aromatic carbocycles. The first-order chi connectivity index (χ1) is 5.61. The van der Waals surface area contributed by atoms with Crippen LogP contribution in [0.2, 0.25) is 0 Å². The fourth-order valence-electron chi connectivity index (χ4n) is 0.863. The van der Waals surface area contributed by atoms with E-state index < -0.39 is 16.0 Å². The molecule has 4 heteroatoms. The molecule has 2 nitrogen and oxygen atoms in total. The number of rotatable bonds is 2. The van der Waals surface area contributed by atoms with E-state index in [9.17, 15) is 8.42 Å². The van der Waals surface area contributed by atoms with Gasteiger partial charge in [0.1, 0.15) is 10.7 Å². The molecule has 0 aliphatic rings. The third-order valence-electron chi connectivity index (χ3n) is 1.67. The van der Waals surface area contributed by atoms with Crippen LogP contribution in [0.5, 0.6) is 0 Å². The highest BCUT2D eigenvalue weighted by Gasteiger charge is 2.06. The Hall–Kier alpha value is -0.350. The van der Waals surface area contributed by atoms with Gasteiger partial charge in [-0.1, -0.05) is 28.1 Å². The van der Waals surface area contributed by atoms with Gasteiger partial charge in [-0.3, -0.25) is 0 Å². The first-order valence-corrected chi connectivity index (χ1v) is 5.54. The summed E-state index contributed by atoms with van der Waals surface area (Å²) in [6.45, 7) is 1.68. The van der Waals surface area contributed by atoms with Crippen LogP contribution in [0.4, 0.5) is 0 Å². The van der Waals surface area contributed by atoms with Gasteiger partial charge in [0.25, 0.3) is 0 Å². The van der Waals surface area contributed by atoms with Crippen molar-refractivity contribution < 1.29 is 8.42 Å². The highest BCUT2D eigenvalue weighted by Crippen LogP contribution is 2.18. The summed E-state index contributed by atoms with van der Waals surface area (Å²) in [4.78, 5) is 0. The monoisotopic (exact) mass is 248 g/mol. The van der Waals surface area contributed by atoms with Gasteiger partial charge >= 0.3 is 0 Å². The molecule has 1 atom stereocenters. The maximum absolute atomic E-state index is 10.6. The summed E-state index contributed by atoms with van der Waals surface area (Å²) in [7, 11) is -2.36. The second kappa shape index (κ2) is 4.05. The Morgan fingerprint density at radius 1 is 1.25 bits per heavy atom. The van der Waals surface area contributed by atoms with E-state index in [4.69, 9.17) is 0 Å². The molecule has 0 radical (unpaired) electrons. The van der Waals surface area contributed by atoms with Gasteiger partial charge in [-0.2, -0.15) is 0 Å². The van der Waals surface area contributed by atoms with E-state index >= 15 is 0 Å². The van der Waals surface area contributed by atoms with E-state index in [1.807, 2.05) is 12.1 Å². The molecule has 0 N–H and O–H groups in total. The van der Waals surface area contributed by atoms with Gasteiger partial charge in [0, 0.05) is 4.47 Å². The van der Waals surface area contributed by atoms with Gasteiger partial charge in [-0.15, -0.1) is 0 Å². The average molecular weight is 249 g/mol. The van der Waals surface area contributed by atoms with Crippen LogP contribution < -0.4 is 0 Å². The van der Waals surface area contributed by atoms with E-state index in [1.165, 1.54) is 0 Å². The molecule has 0 fully saturated rings. The first kappa shape index (κ1) is 9.74. The van der Waals surface area contributed by atoms with Crippen molar-refractivity contribution in [2.24, 2.45) is 0 Å². The first-order valence-electron chi connectivity index (χ1n) is 3.50. The summed E-state index contributed by atoms with van der Waals surface area (Å²) >= 11 is 3.28. The Kier molecular flexibility index (Phi) is 3.29. The van der Waals surface area contributed by atoms with Crippen molar-refractivity contribution >= 4 is 26.6 Å². The summed E-state index contributed by atoms with van der Waals surface area (Å²) in [5, 5.41) is -0.395. The zero-order valence-corrected chi connectivity index (χ0v) is 9.01. The van der Waals surface area contributed by atoms with Gasteiger partial charge in [0.05, 0.1) is 5.25 Å². The van der Waals surface area contributed by atoms with Crippen molar-refractivity contribution in [2.45, 2.75) is 12.2 Å². The molecule has 0 spiro atoms. The van der Waals surface area contributed by atoms with Gasteiger partial charge in [0.15, 0.2) is 0 Å². The van der Waals surface area contributed by atoms with Crippen molar-refractivity contribution in [1.82, 2.24) is 0 Å². The molecule has 66 valence electrons. The summed E-state index contributed by atoms with van der Waals surface area (Å²) in [5.74, 6) is 0. The van der Waals surface area contributed by atoms with Gasteiger partial charge in [-0.25, -0.2) is 8.42 Å². The van der Waals surface area contributed by atoms with Gasteiger partial charge < -0.3 is 0 Å². The van der Waals surface area contributed by atoms with E-state index in [0.29, 0.717) is 0 Å². The van der Waals surface area contributed by atoms with Crippen LogP contribution in [-0.4, -0.2) is 8.42 Å². The predicted molar refractivity (Wildman–Crippen MR) is 52.9 cm³/mol. The summed E-state index contributed by atoms with van der Waals surface area (Å²) in [5.41, 5.74) is 0.828. The van der Waals surface area contributed by atoms with Crippen LogP contribution in [0.25, 0.3) is 0 Å². The largest absolute Gasteiger partial charge is 0.231 e. The molecular weight excluding hydrogens is 240 g/mol. The van der Waals surface area contributed by atoms with Crippen molar-refractivity contribution in [1.29, 1.82) is 0 Å². The molecule has 0 amide bonds. The lowest BCUT2D eigenvalue weighted by Gasteiger charge is -2.02. The van der Waals surface area contributed by atoms with E-state index in [-0.39, 0.29) is 0 Å². The van der Waals surface area contributed by atoms with Crippen LogP contribution in [0.3, 0.4) is 0 Å². The smallest absolute Gasteiger partial charge is 0.146 e. The molecule has 0 aromatic heterocycles. The molecule has 0 saturated carbocycles. The SMILES string of the molecule is CC(c1ccc(Br)cc1)[SH](=O)=O. The lowest BCUT2D eigenvalue weighted by atomic mass is 10.2. The van der Waals surface area contributed by atoms with Gasteiger partial charge in [0.2, 0.25) is 0 Å². The second-order valence-corrected chi connectivity index (χ2v) is 4.77. The van der Waals surface area contributed by atoms with E-state index in [1.54, 1.807) is 19.1 Å². The minimum absolute atomic E-state index is 0.395. The minimum Gasteiger partial charge on any atom is -0.231 e. The topological polar surface area (TPSA) is 34.1 Å². The standard InChI is InChI=1S/C8H9BrO2S/c1-6(12(10)11)7-2-4-8(9)5-3-7/h2-6,12H,1H3. The predicted octanol–water partition coefficient (Wildman–Crippen LogP) is 2.12.